The lowest BCUT2D eigenvalue weighted by Gasteiger charge is -2.09. The van der Waals surface area contributed by atoms with E-state index in [2.05, 4.69) is 4.74 Å². The van der Waals surface area contributed by atoms with Crippen molar-refractivity contribution >= 4 is 22.1 Å². The third kappa shape index (κ3) is 2.12. The van der Waals surface area contributed by atoms with Crippen molar-refractivity contribution in [3.05, 3.63) is 53.6 Å². The number of cyclic esters (lactones) is 2. The summed E-state index contributed by atoms with van der Waals surface area (Å²) >= 11 is 0. The molecule has 6 nitrogen and oxygen atoms in total. The van der Waals surface area contributed by atoms with Gasteiger partial charge in [-0.2, -0.15) is 8.42 Å². The minimum atomic E-state index is -4.47. The highest BCUT2D eigenvalue weighted by Gasteiger charge is 2.33. The second-order valence-electron chi connectivity index (χ2n) is 4.38. The number of esters is 2. The van der Waals surface area contributed by atoms with Gasteiger partial charge >= 0.3 is 11.9 Å². The van der Waals surface area contributed by atoms with E-state index < -0.39 is 22.1 Å². The molecular formula is C14H8O6S. The lowest BCUT2D eigenvalue weighted by atomic mass is 9.96. The quantitative estimate of drug-likeness (QED) is 0.517. The Hall–Kier alpha value is -2.51. The molecule has 0 bridgehead atoms. The van der Waals surface area contributed by atoms with Crippen LogP contribution in [0.5, 0.6) is 0 Å². The predicted molar refractivity (Wildman–Crippen MR) is 71.4 cm³/mol. The summed E-state index contributed by atoms with van der Waals surface area (Å²) in [7, 11) is -4.47. The number of hydrogen-bond acceptors (Lipinski definition) is 5. The molecule has 0 amide bonds. The van der Waals surface area contributed by atoms with Crippen LogP contribution in [0, 0.1) is 0 Å². The van der Waals surface area contributed by atoms with Crippen LogP contribution in [0.1, 0.15) is 20.7 Å². The van der Waals surface area contributed by atoms with E-state index in [0.717, 1.165) is 0 Å². The highest BCUT2D eigenvalue weighted by atomic mass is 32.2. The Balaban J connectivity index is 2.35. The first-order valence-electron chi connectivity index (χ1n) is 5.86. The van der Waals surface area contributed by atoms with Crippen molar-refractivity contribution in [3.63, 3.8) is 0 Å². The number of rotatable bonds is 2. The van der Waals surface area contributed by atoms with Crippen LogP contribution in [0.25, 0.3) is 11.1 Å². The van der Waals surface area contributed by atoms with Crippen molar-refractivity contribution in [2.75, 3.05) is 0 Å². The molecule has 0 aromatic heterocycles. The first kappa shape index (κ1) is 13.5. The Morgan fingerprint density at radius 1 is 0.810 bits per heavy atom. The van der Waals surface area contributed by atoms with Crippen molar-refractivity contribution in [2.45, 2.75) is 4.90 Å². The van der Waals surface area contributed by atoms with Gasteiger partial charge in [0.05, 0.1) is 11.1 Å². The summed E-state index contributed by atoms with van der Waals surface area (Å²) in [6.07, 6.45) is 0. The van der Waals surface area contributed by atoms with Gasteiger partial charge in [-0.25, -0.2) is 9.59 Å². The standard InChI is InChI=1S/C14H8O6S/c15-13-10-6-3-5-9(12(10)14(16)20-13)8-4-1-2-7-11(8)21(17,18)19/h1-7H,(H,17,18,19). The van der Waals surface area contributed by atoms with Gasteiger partial charge in [0, 0.05) is 5.56 Å². The van der Waals surface area contributed by atoms with Crippen LogP contribution in [0.4, 0.5) is 0 Å². The van der Waals surface area contributed by atoms with E-state index in [0.29, 0.717) is 0 Å². The van der Waals surface area contributed by atoms with E-state index in [9.17, 15) is 22.6 Å². The van der Waals surface area contributed by atoms with Crippen LogP contribution in [-0.2, 0) is 14.9 Å². The Morgan fingerprint density at radius 3 is 2.14 bits per heavy atom. The van der Waals surface area contributed by atoms with Crippen molar-refractivity contribution < 1.29 is 27.3 Å². The molecule has 0 atom stereocenters. The lowest BCUT2D eigenvalue weighted by Crippen LogP contribution is -2.03. The van der Waals surface area contributed by atoms with E-state index >= 15 is 0 Å². The monoisotopic (exact) mass is 304 g/mol. The molecule has 0 aliphatic carbocycles. The van der Waals surface area contributed by atoms with Crippen LogP contribution in [0.15, 0.2) is 47.4 Å². The third-order valence-corrected chi connectivity index (χ3v) is 4.04. The first-order chi connectivity index (χ1) is 9.89. The van der Waals surface area contributed by atoms with E-state index in [1.165, 1.54) is 36.4 Å². The number of hydrogen-bond donors (Lipinski definition) is 1. The molecule has 1 aliphatic heterocycles. The van der Waals surface area contributed by atoms with Gasteiger partial charge in [-0.05, 0) is 17.7 Å². The van der Waals surface area contributed by atoms with Gasteiger partial charge < -0.3 is 4.74 Å². The lowest BCUT2D eigenvalue weighted by molar-refractivity contribution is 0.0444. The fourth-order valence-corrected chi connectivity index (χ4v) is 2.98. The smallest absolute Gasteiger partial charge is 0.347 e. The van der Waals surface area contributed by atoms with E-state index in [-0.39, 0.29) is 27.1 Å². The maximum absolute atomic E-state index is 11.8. The summed E-state index contributed by atoms with van der Waals surface area (Å²) in [6, 6.07) is 10.1. The number of ether oxygens (including phenoxy) is 1. The first-order valence-corrected chi connectivity index (χ1v) is 7.30. The molecular weight excluding hydrogens is 296 g/mol. The SMILES string of the molecule is O=C1OC(=O)c2c1cccc2-c1ccccc1S(=O)(=O)O. The highest BCUT2D eigenvalue weighted by molar-refractivity contribution is 7.86. The van der Waals surface area contributed by atoms with Crippen LogP contribution in [-0.4, -0.2) is 24.9 Å². The van der Waals surface area contributed by atoms with Crippen molar-refractivity contribution in [3.8, 4) is 11.1 Å². The molecule has 2 aromatic rings. The van der Waals surface area contributed by atoms with Crippen LogP contribution in [0.3, 0.4) is 0 Å². The Kier molecular flexibility index (Phi) is 2.89. The maximum atomic E-state index is 11.8. The fourth-order valence-electron chi connectivity index (χ4n) is 2.27. The molecule has 1 heterocycles. The Bertz CT molecular complexity index is 882. The average molecular weight is 304 g/mol. The van der Waals surface area contributed by atoms with Crippen LogP contribution in [0.2, 0.25) is 0 Å². The van der Waals surface area contributed by atoms with Crippen molar-refractivity contribution in [1.29, 1.82) is 0 Å². The second kappa shape index (κ2) is 4.51. The third-order valence-electron chi connectivity index (χ3n) is 3.13. The average Bonchev–Trinajstić information content (AvgIpc) is 2.73. The predicted octanol–water partition coefficient (Wildman–Crippen LogP) is 1.91. The summed E-state index contributed by atoms with van der Waals surface area (Å²) in [5.74, 6) is -1.61. The van der Waals surface area contributed by atoms with Gasteiger partial charge in [-0.1, -0.05) is 30.3 Å². The van der Waals surface area contributed by atoms with Crippen LogP contribution < -0.4 is 0 Å². The molecule has 1 N–H and O–H groups in total. The van der Waals surface area contributed by atoms with Gasteiger partial charge in [-0.3, -0.25) is 4.55 Å². The fraction of sp³-hybridized carbons (Fsp3) is 0. The zero-order chi connectivity index (χ0) is 15.2. The minimum Gasteiger partial charge on any atom is -0.386 e. The normalized spacial score (nSPS) is 14.0. The molecule has 106 valence electrons. The molecule has 0 fully saturated rings. The molecule has 3 rings (SSSR count). The number of carbonyl (C=O) groups is 2. The van der Waals surface area contributed by atoms with Gasteiger partial charge in [0.15, 0.2) is 0 Å². The maximum Gasteiger partial charge on any atom is 0.347 e. The van der Waals surface area contributed by atoms with E-state index in [1.54, 1.807) is 6.07 Å². The molecule has 7 heteroatoms. The topological polar surface area (TPSA) is 97.7 Å². The molecule has 0 radical (unpaired) electrons. The van der Waals surface area contributed by atoms with Gasteiger partial charge in [0.25, 0.3) is 10.1 Å². The number of benzene rings is 2. The molecule has 0 saturated carbocycles. The second-order valence-corrected chi connectivity index (χ2v) is 5.77. The van der Waals surface area contributed by atoms with Gasteiger partial charge in [0.1, 0.15) is 4.90 Å². The Labute approximate surface area is 119 Å². The van der Waals surface area contributed by atoms with E-state index in [4.69, 9.17) is 0 Å². The Morgan fingerprint density at radius 2 is 1.43 bits per heavy atom. The summed E-state index contributed by atoms with van der Waals surface area (Å²) in [5, 5.41) is 0. The zero-order valence-corrected chi connectivity index (χ0v) is 11.3. The van der Waals surface area contributed by atoms with Gasteiger partial charge in [-0.15, -0.1) is 0 Å². The van der Waals surface area contributed by atoms with Crippen LogP contribution >= 0.6 is 0 Å². The summed E-state index contributed by atoms with van der Waals surface area (Å²) in [4.78, 5) is 23.0. The number of carbonyl (C=O) groups excluding carboxylic acids is 2. The van der Waals surface area contributed by atoms with Gasteiger partial charge in [0.2, 0.25) is 0 Å². The molecule has 1 aliphatic rings. The van der Waals surface area contributed by atoms with Crippen molar-refractivity contribution in [2.24, 2.45) is 0 Å². The van der Waals surface area contributed by atoms with Crippen molar-refractivity contribution in [1.82, 2.24) is 0 Å². The highest BCUT2D eigenvalue weighted by Crippen LogP contribution is 2.34. The molecule has 0 unspecified atom stereocenters. The molecule has 2 aromatic carbocycles. The summed E-state index contributed by atoms with van der Waals surface area (Å²) < 4.78 is 36.7. The van der Waals surface area contributed by atoms with E-state index in [1.807, 2.05) is 0 Å². The minimum absolute atomic E-state index is 0.00130. The zero-order valence-electron chi connectivity index (χ0n) is 10.4. The summed E-state index contributed by atoms with van der Waals surface area (Å²) in [5.41, 5.74) is 0.418. The number of fused-ring (bicyclic) bond motifs is 1. The largest absolute Gasteiger partial charge is 0.386 e. The molecule has 21 heavy (non-hydrogen) atoms. The summed E-state index contributed by atoms with van der Waals surface area (Å²) in [6.45, 7) is 0. The molecule has 0 spiro atoms. The molecule has 0 saturated heterocycles.